The Balaban J connectivity index is 2.17. The van der Waals surface area contributed by atoms with E-state index in [1.54, 1.807) is 10.9 Å². The number of anilines is 1. The fraction of sp³-hybridized carbons (Fsp3) is 0.235. The van der Waals surface area contributed by atoms with Crippen LogP contribution >= 0.6 is 0 Å². The number of nitrogens with two attached hydrogens (primary N) is 1. The molecular weight excluding hydrogens is 306 g/mol. The Morgan fingerprint density at radius 1 is 1.46 bits per heavy atom. The molecule has 0 unspecified atom stereocenters. The number of nitrogen functional groups attached to an aromatic ring is 1. The molecule has 3 rings (SSSR count). The summed E-state index contributed by atoms with van der Waals surface area (Å²) >= 11 is 0. The quantitative estimate of drug-likeness (QED) is 0.744. The van der Waals surface area contributed by atoms with Gasteiger partial charge < -0.3 is 19.6 Å². The molecule has 1 aromatic carbocycles. The second kappa shape index (κ2) is 6.08. The maximum atomic E-state index is 12.1. The number of carbonyl (C=O) groups excluding carboxylic acids is 1. The van der Waals surface area contributed by atoms with Crippen molar-refractivity contribution >= 4 is 22.7 Å². The summed E-state index contributed by atoms with van der Waals surface area (Å²) in [6.07, 6.45) is 4.34. The van der Waals surface area contributed by atoms with Gasteiger partial charge >= 0.3 is 5.97 Å². The maximum Gasteiger partial charge on any atom is 0.357 e. The number of nitrogens with zero attached hydrogens (tertiary/aromatic N) is 4. The summed E-state index contributed by atoms with van der Waals surface area (Å²) in [4.78, 5) is 16.5. The van der Waals surface area contributed by atoms with E-state index in [1.807, 2.05) is 24.3 Å². The predicted molar refractivity (Wildman–Crippen MR) is 89.8 cm³/mol. The third-order valence-corrected chi connectivity index (χ3v) is 3.89. The molecule has 2 aromatic heterocycles. The summed E-state index contributed by atoms with van der Waals surface area (Å²) < 4.78 is 8.43. The van der Waals surface area contributed by atoms with Gasteiger partial charge in [-0.1, -0.05) is 6.92 Å². The molecule has 0 fully saturated rings. The lowest BCUT2D eigenvalue weighted by Crippen LogP contribution is -2.11. The molecule has 0 bridgehead atoms. The molecule has 3 aromatic rings. The van der Waals surface area contributed by atoms with Gasteiger partial charge in [-0.3, -0.25) is 0 Å². The molecule has 0 spiro atoms. The first kappa shape index (κ1) is 15.6. The van der Waals surface area contributed by atoms with Gasteiger partial charge in [0, 0.05) is 18.4 Å². The van der Waals surface area contributed by atoms with Crippen molar-refractivity contribution < 1.29 is 9.53 Å². The van der Waals surface area contributed by atoms with E-state index >= 15 is 0 Å². The minimum absolute atomic E-state index is 0.112. The lowest BCUT2D eigenvalue weighted by atomic mass is 10.2. The van der Waals surface area contributed by atoms with E-state index < -0.39 is 5.97 Å². The van der Waals surface area contributed by atoms with Gasteiger partial charge in [0.25, 0.3) is 0 Å². The van der Waals surface area contributed by atoms with Gasteiger partial charge in [0.2, 0.25) is 0 Å². The Labute approximate surface area is 138 Å². The summed E-state index contributed by atoms with van der Waals surface area (Å²) in [6.45, 7) is 2.99. The number of nitriles is 1. The summed E-state index contributed by atoms with van der Waals surface area (Å²) in [5.74, 6) is -0.592. The summed E-state index contributed by atoms with van der Waals surface area (Å²) in [6, 6.07) is 7.65. The van der Waals surface area contributed by atoms with Crippen LogP contribution in [0, 0.1) is 11.3 Å². The zero-order valence-electron chi connectivity index (χ0n) is 13.5. The van der Waals surface area contributed by atoms with Crippen LogP contribution in [0.3, 0.4) is 0 Å². The normalized spacial score (nSPS) is 10.7. The van der Waals surface area contributed by atoms with Crippen LogP contribution < -0.4 is 5.73 Å². The Morgan fingerprint density at radius 2 is 2.25 bits per heavy atom. The van der Waals surface area contributed by atoms with Gasteiger partial charge in [0.1, 0.15) is 6.07 Å². The lowest BCUT2D eigenvalue weighted by Gasteiger charge is -2.09. The van der Waals surface area contributed by atoms with Crippen LogP contribution in [0.1, 0.15) is 29.4 Å². The van der Waals surface area contributed by atoms with E-state index in [0.717, 1.165) is 24.0 Å². The third kappa shape index (κ3) is 2.38. The molecule has 122 valence electrons. The predicted octanol–water partition coefficient (Wildman–Crippen LogP) is 2.48. The molecule has 0 aliphatic heterocycles. The van der Waals surface area contributed by atoms with E-state index in [9.17, 15) is 10.1 Å². The highest BCUT2D eigenvalue weighted by atomic mass is 16.5. The largest absolute Gasteiger partial charge is 0.464 e. The molecule has 24 heavy (non-hydrogen) atoms. The minimum atomic E-state index is -0.592. The van der Waals surface area contributed by atoms with Gasteiger partial charge in [-0.15, -0.1) is 0 Å². The minimum Gasteiger partial charge on any atom is -0.464 e. The standard InChI is InChI=1S/C17H17N5O2/c1-3-6-21-10-20-13-7-12(4-5-14(13)21)22-9-11(8-18)15(19)16(22)17(23)24-2/h4-5,7,9-10H,3,6,19H2,1-2H3. The molecule has 0 radical (unpaired) electrons. The van der Waals surface area contributed by atoms with E-state index in [2.05, 4.69) is 16.5 Å². The maximum absolute atomic E-state index is 12.1. The van der Waals surface area contributed by atoms with Crippen LogP contribution in [0.25, 0.3) is 16.7 Å². The van der Waals surface area contributed by atoms with Crippen molar-refractivity contribution in [1.29, 1.82) is 5.26 Å². The van der Waals surface area contributed by atoms with Crippen molar-refractivity contribution in [1.82, 2.24) is 14.1 Å². The zero-order valence-corrected chi connectivity index (χ0v) is 13.5. The Bertz CT molecular complexity index is 961. The number of ether oxygens (including phenoxy) is 1. The van der Waals surface area contributed by atoms with Crippen molar-refractivity contribution in [2.24, 2.45) is 0 Å². The number of benzene rings is 1. The average molecular weight is 323 g/mol. The molecule has 2 N–H and O–H groups in total. The van der Waals surface area contributed by atoms with Gasteiger partial charge in [0.15, 0.2) is 5.69 Å². The van der Waals surface area contributed by atoms with Crippen LogP contribution in [0.5, 0.6) is 0 Å². The molecule has 0 amide bonds. The molecule has 2 heterocycles. The SMILES string of the molecule is CCCn1cnc2cc(-n3cc(C#N)c(N)c3C(=O)OC)ccc21. The average Bonchev–Trinajstić information content (AvgIpc) is 3.15. The van der Waals surface area contributed by atoms with E-state index in [0.29, 0.717) is 5.69 Å². The fourth-order valence-electron chi connectivity index (χ4n) is 2.74. The third-order valence-electron chi connectivity index (χ3n) is 3.89. The number of carbonyl (C=O) groups is 1. The van der Waals surface area contributed by atoms with Crippen molar-refractivity contribution in [2.75, 3.05) is 12.8 Å². The molecule has 0 saturated carbocycles. The van der Waals surface area contributed by atoms with E-state index in [1.165, 1.54) is 13.3 Å². The molecular formula is C17H17N5O2. The number of hydrogen-bond acceptors (Lipinski definition) is 5. The molecule has 0 saturated heterocycles. The summed E-state index contributed by atoms with van der Waals surface area (Å²) in [5, 5.41) is 9.18. The van der Waals surface area contributed by atoms with Gasteiger partial charge in [0.05, 0.1) is 35.7 Å². The first-order valence-corrected chi connectivity index (χ1v) is 7.55. The summed E-state index contributed by atoms with van der Waals surface area (Å²) in [5.41, 5.74) is 8.92. The zero-order chi connectivity index (χ0) is 17.3. The Kier molecular flexibility index (Phi) is 3.96. The Hall–Kier alpha value is -3.27. The van der Waals surface area contributed by atoms with Gasteiger partial charge in [-0.25, -0.2) is 9.78 Å². The van der Waals surface area contributed by atoms with Crippen LogP contribution in [0.2, 0.25) is 0 Å². The van der Waals surface area contributed by atoms with E-state index in [-0.39, 0.29) is 16.9 Å². The number of methoxy groups -OCH3 is 1. The fourth-order valence-corrected chi connectivity index (χ4v) is 2.74. The number of fused-ring (bicyclic) bond motifs is 1. The smallest absolute Gasteiger partial charge is 0.357 e. The molecule has 0 atom stereocenters. The Morgan fingerprint density at radius 3 is 2.92 bits per heavy atom. The van der Waals surface area contributed by atoms with Crippen LogP contribution in [0.15, 0.2) is 30.7 Å². The highest BCUT2D eigenvalue weighted by Gasteiger charge is 2.22. The molecule has 7 nitrogen and oxygen atoms in total. The van der Waals surface area contributed by atoms with Crippen molar-refractivity contribution in [3.05, 3.63) is 42.0 Å². The number of aryl methyl sites for hydroxylation is 1. The second-order valence-corrected chi connectivity index (χ2v) is 5.39. The van der Waals surface area contributed by atoms with Gasteiger partial charge in [-0.2, -0.15) is 5.26 Å². The monoisotopic (exact) mass is 323 g/mol. The van der Waals surface area contributed by atoms with Crippen LogP contribution in [-0.4, -0.2) is 27.2 Å². The first-order chi connectivity index (χ1) is 11.6. The molecule has 7 heteroatoms. The van der Waals surface area contributed by atoms with Crippen molar-refractivity contribution in [2.45, 2.75) is 19.9 Å². The molecule has 0 aliphatic rings. The van der Waals surface area contributed by atoms with Gasteiger partial charge in [-0.05, 0) is 24.6 Å². The highest BCUT2D eigenvalue weighted by molar-refractivity contribution is 5.96. The number of esters is 1. The van der Waals surface area contributed by atoms with E-state index in [4.69, 9.17) is 10.5 Å². The topological polar surface area (TPSA) is 98.9 Å². The number of imidazole rings is 1. The number of hydrogen-bond donors (Lipinski definition) is 1. The highest BCUT2D eigenvalue weighted by Crippen LogP contribution is 2.26. The number of rotatable bonds is 4. The first-order valence-electron chi connectivity index (χ1n) is 7.55. The van der Waals surface area contributed by atoms with Crippen molar-refractivity contribution in [3.8, 4) is 11.8 Å². The van der Waals surface area contributed by atoms with Crippen LogP contribution in [0.4, 0.5) is 5.69 Å². The van der Waals surface area contributed by atoms with Crippen molar-refractivity contribution in [3.63, 3.8) is 0 Å². The second-order valence-electron chi connectivity index (χ2n) is 5.39. The lowest BCUT2D eigenvalue weighted by molar-refractivity contribution is 0.0593. The summed E-state index contributed by atoms with van der Waals surface area (Å²) in [7, 11) is 1.28. The number of aromatic nitrogens is 3. The van der Waals surface area contributed by atoms with Crippen LogP contribution in [-0.2, 0) is 11.3 Å². The molecule has 0 aliphatic carbocycles.